The fourth-order valence-corrected chi connectivity index (χ4v) is 5.99. The third-order valence-electron chi connectivity index (χ3n) is 7.27. The lowest BCUT2D eigenvalue weighted by molar-refractivity contribution is 0.0581. The number of aliphatic hydroxyl groups is 2. The zero-order chi connectivity index (χ0) is 24.6. The summed E-state index contributed by atoms with van der Waals surface area (Å²) in [6, 6.07) is 16.4. The van der Waals surface area contributed by atoms with Gasteiger partial charge in [0.25, 0.3) is 0 Å². The Hall–Kier alpha value is -2.12. The van der Waals surface area contributed by atoms with Gasteiger partial charge in [-0.25, -0.2) is 0 Å². The molecule has 2 N–H and O–H groups in total. The fraction of sp³-hybridized carbons (Fsp3) is 0.483. The average molecular weight is 495 g/mol. The van der Waals surface area contributed by atoms with Crippen LogP contribution in [0, 0.1) is 18.8 Å². The number of ether oxygens (including phenoxy) is 1. The van der Waals surface area contributed by atoms with Crippen LogP contribution in [0.4, 0.5) is 0 Å². The van der Waals surface area contributed by atoms with E-state index in [1.807, 2.05) is 36.0 Å². The van der Waals surface area contributed by atoms with Crippen molar-refractivity contribution in [3.05, 3.63) is 65.9 Å². The molecule has 4 rings (SSSR count). The topological polar surface area (TPSA) is 65.8 Å². The lowest BCUT2D eigenvalue weighted by Crippen LogP contribution is -2.42. The molecular weight excluding hydrogens is 456 g/mol. The number of benzene rings is 2. The van der Waals surface area contributed by atoms with E-state index < -0.39 is 6.10 Å². The molecule has 0 radical (unpaired) electrons. The van der Waals surface area contributed by atoms with Gasteiger partial charge in [0.2, 0.25) is 0 Å². The minimum atomic E-state index is -0.552. The van der Waals surface area contributed by atoms with Crippen molar-refractivity contribution in [3.63, 3.8) is 0 Å². The molecule has 188 valence electrons. The van der Waals surface area contributed by atoms with Crippen LogP contribution in [0.5, 0.6) is 5.75 Å². The molecule has 3 atom stereocenters. The summed E-state index contributed by atoms with van der Waals surface area (Å²) in [6.07, 6.45) is 5.04. The monoisotopic (exact) mass is 494 g/mol. The number of pyridine rings is 1. The largest absolute Gasteiger partial charge is 0.497 e. The van der Waals surface area contributed by atoms with E-state index in [-0.39, 0.29) is 12.5 Å². The Balaban J connectivity index is 1.25. The number of aliphatic hydroxyl groups excluding tert-OH is 2. The van der Waals surface area contributed by atoms with E-state index in [4.69, 9.17) is 4.74 Å². The summed E-state index contributed by atoms with van der Waals surface area (Å²) in [7, 11) is 1.65. The highest BCUT2D eigenvalue weighted by molar-refractivity contribution is 7.99. The van der Waals surface area contributed by atoms with E-state index in [1.54, 1.807) is 13.3 Å². The first kappa shape index (κ1) is 26.0. The van der Waals surface area contributed by atoms with Gasteiger partial charge in [-0.1, -0.05) is 17.7 Å². The quantitative estimate of drug-likeness (QED) is 0.272. The van der Waals surface area contributed by atoms with Crippen molar-refractivity contribution < 1.29 is 14.9 Å². The summed E-state index contributed by atoms with van der Waals surface area (Å²) in [5, 5.41) is 22.1. The Bertz CT molecular complexity index is 1080. The molecule has 1 aliphatic rings. The zero-order valence-electron chi connectivity index (χ0n) is 20.9. The van der Waals surface area contributed by atoms with Crippen molar-refractivity contribution in [3.8, 4) is 5.75 Å². The van der Waals surface area contributed by atoms with Gasteiger partial charge in [0.05, 0.1) is 18.7 Å². The molecule has 1 aliphatic heterocycles. The lowest BCUT2D eigenvalue weighted by atomic mass is 9.81. The Morgan fingerprint density at radius 1 is 1.14 bits per heavy atom. The number of fused-ring (bicyclic) bond motifs is 1. The highest BCUT2D eigenvalue weighted by Crippen LogP contribution is 2.33. The van der Waals surface area contributed by atoms with Gasteiger partial charge in [-0.15, -0.1) is 11.8 Å². The maximum Gasteiger partial charge on any atom is 0.119 e. The minimum absolute atomic E-state index is 0.213. The van der Waals surface area contributed by atoms with Crippen LogP contribution >= 0.6 is 11.8 Å². The first-order chi connectivity index (χ1) is 17.1. The molecular formula is C29H38N2O3S. The van der Waals surface area contributed by atoms with Gasteiger partial charge in [-0.2, -0.15) is 0 Å². The number of aromatic nitrogens is 1. The highest BCUT2D eigenvalue weighted by Gasteiger charge is 2.29. The van der Waals surface area contributed by atoms with Crippen LogP contribution in [-0.4, -0.2) is 59.2 Å². The smallest absolute Gasteiger partial charge is 0.119 e. The predicted molar refractivity (Wildman–Crippen MR) is 144 cm³/mol. The van der Waals surface area contributed by atoms with Gasteiger partial charge in [0, 0.05) is 29.6 Å². The van der Waals surface area contributed by atoms with Crippen LogP contribution in [0.3, 0.4) is 0 Å². The van der Waals surface area contributed by atoms with Gasteiger partial charge >= 0.3 is 0 Å². The standard InChI is InChI=1S/C29H38N2O3S/c1-21-4-8-25(9-5-21)35-17-3-15-31-16-13-22(23(19-31)20-32)6-11-29(33)26-12-14-30-28-10-7-24(34-2)18-27(26)28/h4-5,7-10,12,14,18,22-23,29,32-33H,3,6,11,13,15-17,19-20H2,1-2H3/t22-,23-,29?/m1/s1. The summed E-state index contributed by atoms with van der Waals surface area (Å²) in [5.41, 5.74) is 3.07. The fourth-order valence-electron chi connectivity index (χ4n) is 5.15. The number of aryl methyl sites for hydroxylation is 1. The number of thioether (sulfide) groups is 1. The first-order valence-electron chi connectivity index (χ1n) is 12.7. The first-order valence-corrected chi connectivity index (χ1v) is 13.7. The number of likely N-dealkylation sites (tertiary alicyclic amines) is 1. The molecule has 3 aromatic rings. The van der Waals surface area contributed by atoms with Crippen molar-refractivity contribution in [2.75, 3.05) is 39.1 Å². The lowest BCUT2D eigenvalue weighted by Gasteiger charge is -2.38. The third kappa shape index (κ3) is 6.98. The number of hydrogen-bond donors (Lipinski definition) is 2. The molecule has 2 heterocycles. The number of piperidine rings is 1. The second-order valence-corrected chi connectivity index (χ2v) is 10.9. The van der Waals surface area contributed by atoms with E-state index in [2.05, 4.69) is 41.1 Å². The molecule has 0 amide bonds. The molecule has 1 unspecified atom stereocenters. The van der Waals surface area contributed by atoms with Crippen LogP contribution in [0.15, 0.2) is 59.6 Å². The molecule has 0 aliphatic carbocycles. The maximum atomic E-state index is 11.0. The number of rotatable bonds is 11. The second kappa shape index (κ2) is 12.7. The summed E-state index contributed by atoms with van der Waals surface area (Å²) in [5.74, 6) is 2.60. The van der Waals surface area contributed by atoms with E-state index in [9.17, 15) is 10.2 Å². The summed E-state index contributed by atoms with van der Waals surface area (Å²) < 4.78 is 5.37. The van der Waals surface area contributed by atoms with Crippen LogP contribution in [0.25, 0.3) is 10.9 Å². The van der Waals surface area contributed by atoms with Gasteiger partial charge in [-0.05, 0) is 105 Å². The number of methoxy groups -OCH3 is 1. The van der Waals surface area contributed by atoms with E-state index in [1.165, 1.54) is 10.5 Å². The number of hydrogen-bond acceptors (Lipinski definition) is 6. The SMILES string of the molecule is COc1ccc2nccc(C(O)CC[C@@H]3CCN(CCCSc4ccc(C)cc4)C[C@@H]3CO)c2c1. The zero-order valence-corrected chi connectivity index (χ0v) is 21.7. The molecule has 0 spiro atoms. The van der Waals surface area contributed by atoms with E-state index >= 15 is 0 Å². The molecule has 0 saturated carbocycles. The van der Waals surface area contributed by atoms with Gasteiger partial charge in [0.1, 0.15) is 5.75 Å². The predicted octanol–water partition coefficient (Wildman–Crippen LogP) is 5.48. The minimum Gasteiger partial charge on any atom is -0.497 e. The molecule has 1 saturated heterocycles. The van der Waals surface area contributed by atoms with Crippen molar-refractivity contribution in [2.45, 2.75) is 43.6 Å². The Labute approximate surface area is 213 Å². The average Bonchev–Trinajstić information content (AvgIpc) is 2.90. The van der Waals surface area contributed by atoms with Crippen molar-refractivity contribution >= 4 is 22.7 Å². The molecule has 0 bridgehead atoms. The molecule has 2 aromatic carbocycles. The van der Waals surface area contributed by atoms with Crippen molar-refractivity contribution in [2.24, 2.45) is 11.8 Å². The maximum absolute atomic E-state index is 11.0. The Morgan fingerprint density at radius 3 is 2.74 bits per heavy atom. The van der Waals surface area contributed by atoms with Crippen LogP contribution in [0.1, 0.15) is 42.9 Å². The molecule has 1 fully saturated rings. The third-order valence-corrected chi connectivity index (χ3v) is 8.37. The van der Waals surface area contributed by atoms with Crippen LogP contribution in [-0.2, 0) is 0 Å². The van der Waals surface area contributed by atoms with Crippen LogP contribution in [0.2, 0.25) is 0 Å². The molecule has 5 nitrogen and oxygen atoms in total. The second-order valence-electron chi connectivity index (χ2n) is 9.68. The summed E-state index contributed by atoms with van der Waals surface area (Å²) >= 11 is 1.92. The highest BCUT2D eigenvalue weighted by atomic mass is 32.2. The summed E-state index contributed by atoms with van der Waals surface area (Å²) in [4.78, 5) is 8.27. The van der Waals surface area contributed by atoms with E-state index in [0.717, 1.165) is 66.9 Å². The molecule has 6 heteroatoms. The van der Waals surface area contributed by atoms with E-state index in [0.29, 0.717) is 12.3 Å². The van der Waals surface area contributed by atoms with Gasteiger partial charge in [-0.3, -0.25) is 4.98 Å². The van der Waals surface area contributed by atoms with Crippen molar-refractivity contribution in [1.82, 2.24) is 9.88 Å². The molecule has 35 heavy (non-hydrogen) atoms. The summed E-state index contributed by atoms with van der Waals surface area (Å²) in [6.45, 7) is 5.43. The van der Waals surface area contributed by atoms with Crippen molar-refractivity contribution in [1.29, 1.82) is 0 Å². The Kier molecular flexibility index (Phi) is 9.44. The normalized spacial score (nSPS) is 19.7. The Morgan fingerprint density at radius 2 is 1.97 bits per heavy atom. The van der Waals surface area contributed by atoms with Crippen LogP contribution < -0.4 is 4.74 Å². The van der Waals surface area contributed by atoms with Gasteiger partial charge in [0.15, 0.2) is 0 Å². The molecule has 1 aromatic heterocycles. The van der Waals surface area contributed by atoms with Gasteiger partial charge < -0.3 is 19.8 Å². The number of nitrogens with zero attached hydrogens (tertiary/aromatic N) is 2.